The van der Waals surface area contributed by atoms with E-state index in [2.05, 4.69) is 0 Å². The summed E-state index contributed by atoms with van der Waals surface area (Å²) in [7, 11) is -3.57. The van der Waals surface area contributed by atoms with Crippen molar-refractivity contribution in [2.24, 2.45) is 0 Å². The van der Waals surface area contributed by atoms with Crippen LogP contribution in [0.1, 0.15) is 23.2 Å². The van der Waals surface area contributed by atoms with Gasteiger partial charge in [-0.2, -0.15) is 0 Å². The second kappa shape index (κ2) is 5.79. The van der Waals surface area contributed by atoms with Crippen molar-refractivity contribution in [1.29, 1.82) is 0 Å². The molecule has 19 heavy (non-hydrogen) atoms. The highest BCUT2D eigenvalue weighted by Gasteiger charge is 2.26. The average molecular weight is 286 g/mol. The lowest BCUT2D eigenvalue weighted by molar-refractivity contribution is 0.101. The standard InChI is InChI=1S/C13H15FO4S/c14-12-6-2-1-5-11(12)13(15)9-19(16,17)8-10-4-3-7-18-10/h1-2,5-6,10H,3-4,7-9H2. The number of hydrogen-bond donors (Lipinski definition) is 0. The van der Waals surface area contributed by atoms with Gasteiger partial charge in [-0.15, -0.1) is 0 Å². The molecule has 1 aromatic rings. The lowest BCUT2D eigenvalue weighted by atomic mass is 10.1. The number of ether oxygens (including phenoxy) is 1. The summed E-state index contributed by atoms with van der Waals surface area (Å²) in [6.45, 7) is 0.557. The summed E-state index contributed by atoms with van der Waals surface area (Å²) in [5, 5.41) is 0. The maximum atomic E-state index is 13.4. The first-order chi connectivity index (χ1) is 8.98. The molecule has 1 fully saturated rings. The third-order valence-electron chi connectivity index (χ3n) is 2.99. The van der Waals surface area contributed by atoms with E-state index < -0.39 is 27.2 Å². The van der Waals surface area contributed by atoms with Gasteiger partial charge in [-0.3, -0.25) is 4.79 Å². The van der Waals surface area contributed by atoms with Crippen molar-refractivity contribution in [2.45, 2.75) is 18.9 Å². The normalized spacial score (nSPS) is 19.5. The second-order valence-corrected chi connectivity index (χ2v) is 6.70. The number of sulfone groups is 1. The third kappa shape index (κ3) is 3.84. The summed E-state index contributed by atoms with van der Waals surface area (Å²) in [6, 6.07) is 5.38. The Bertz CT molecular complexity index is 562. The zero-order valence-electron chi connectivity index (χ0n) is 10.3. The third-order valence-corrected chi connectivity index (χ3v) is 4.57. The number of benzene rings is 1. The van der Waals surface area contributed by atoms with Crippen LogP contribution in [-0.2, 0) is 14.6 Å². The van der Waals surface area contributed by atoms with Crippen molar-refractivity contribution in [3.63, 3.8) is 0 Å². The molecule has 0 spiro atoms. The fourth-order valence-electron chi connectivity index (χ4n) is 2.08. The minimum Gasteiger partial charge on any atom is -0.377 e. The molecule has 0 aromatic heterocycles. The number of halogens is 1. The predicted octanol–water partition coefficient (Wildman–Crippen LogP) is 1.60. The van der Waals surface area contributed by atoms with E-state index in [0.29, 0.717) is 13.0 Å². The molecule has 0 N–H and O–H groups in total. The molecule has 1 saturated heterocycles. The van der Waals surface area contributed by atoms with E-state index in [9.17, 15) is 17.6 Å². The van der Waals surface area contributed by atoms with Gasteiger partial charge < -0.3 is 4.74 Å². The van der Waals surface area contributed by atoms with E-state index >= 15 is 0 Å². The number of ketones is 1. The number of carbonyl (C=O) groups is 1. The molecular weight excluding hydrogens is 271 g/mol. The van der Waals surface area contributed by atoms with Gasteiger partial charge in [-0.25, -0.2) is 12.8 Å². The molecule has 1 aromatic carbocycles. The predicted molar refractivity (Wildman–Crippen MR) is 68.4 cm³/mol. The van der Waals surface area contributed by atoms with Crippen molar-refractivity contribution < 1.29 is 22.3 Å². The molecule has 1 heterocycles. The van der Waals surface area contributed by atoms with Crippen molar-refractivity contribution in [3.8, 4) is 0 Å². The molecule has 1 atom stereocenters. The molecular formula is C13H15FO4S. The summed E-state index contributed by atoms with van der Waals surface area (Å²) in [6.07, 6.45) is 1.19. The number of hydrogen-bond acceptors (Lipinski definition) is 4. The zero-order valence-corrected chi connectivity index (χ0v) is 11.2. The van der Waals surface area contributed by atoms with E-state index in [1.54, 1.807) is 0 Å². The first-order valence-corrected chi connectivity index (χ1v) is 7.90. The van der Waals surface area contributed by atoms with Crippen LogP contribution in [0.4, 0.5) is 4.39 Å². The molecule has 0 amide bonds. The Labute approximate surface area is 111 Å². The monoisotopic (exact) mass is 286 g/mol. The van der Waals surface area contributed by atoms with Gasteiger partial charge in [0.2, 0.25) is 0 Å². The first-order valence-electron chi connectivity index (χ1n) is 6.08. The summed E-state index contributed by atoms with van der Waals surface area (Å²) in [5.41, 5.74) is -0.182. The highest BCUT2D eigenvalue weighted by atomic mass is 32.2. The van der Waals surface area contributed by atoms with Gasteiger partial charge in [0.1, 0.15) is 11.6 Å². The summed E-state index contributed by atoms with van der Waals surface area (Å²) in [4.78, 5) is 11.8. The van der Waals surface area contributed by atoms with E-state index in [4.69, 9.17) is 4.74 Å². The maximum absolute atomic E-state index is 13.4. The molecule has 4 nitrogen and oxygen atoms in total. The van der Waals surface area contributed by atoms with E-state index in [0.717, 1.165) is 12.5 Å². The van der Waals surface area contributed by atoms with Gasteiger partial charge in [0.25, 0.3) is 0 Å². The van der Waals surface area contributed by atoms with Gasteiger partial charge in [-0.05, 0) is 25.0 Å². The fourth-order valence-corrected chi connectivity index (χ4v) is 3.58. The van der Waals surface area contributed by atoms with Gasteiger partial charge >= 0.3 is 0 Å². The Morgan fingerprint density at radius 1 is 1.37 bits per heavy atom. The summed E-state index contributed by atoms with van der Waals surface area (Å²) in [5.74, 6) is -2.25. The fraction of sp³-hybridized carbons (Fsp3) is 0.462. The molecule has 0 aliphatic carbocycles. The molecule has 1 aliphatic rings. The molecule has 0 radical (unpaired) electrons. The lowest BCUT2D eigenvalue weighted by Crippen LogP contribution is -2.26. The Morgan fingerprint density at radius 2 is 2.11 bits per heavy atom. The Kier molecular flexibility index (Phi) is 4.31. The van der Waals surface area contributed by atoms with Crippen LogP contribution >= 0.6 is 0 Å². The lowest BCUT2D eigenvalue weighted by Gasteiger charge is -2.09. The van der Waals surface area contributed by atoms with Crippen LogP contribution in [0, 0.1) is 5.82 Å². The topological polar surface area (TPSA) is 60.4 Å². The molecule has 0 saturated carbocycles. The minimum absolute atomic E-state index is 0.173. The maximum Gasteiger partial charge on any atom is 0.180 e. The smallest absolute Gasteiger partial charge is 0.180 e. The summed E-state index contributed by atoms with van der Waals surface area (Å²) >= 11 is 0. The SMILES string of the molecule is O=C(CS(=O)(=O)CC1CCCO1)c1ccccc1F. The highest BCUT2D eigenvalue weighted by Crippen LogP contribution is 2.15. The van der Waals surface area contributed by atoms with Crippen LogP contribution in [0.15, 0.2) is 24.3 Å². The first kappa shape index (κ1) is 14.1. The van der Waals surface area contributed by atoms with Crippen LogP contribution in [0.3, 0.4) is 0 Å². The van der Waals surface area contributed by atoms with Crippen molar-refractivity contribution in [3.05, 3.63) is 35.6 Å². The van der Waals surface area contributed by atoms with E-state index in [1.807, 2.05) is 0 Å². The number of rotatable bonds is 5. The van der Waals surface area contributed by atoms with Crippen LogP contribution in [0.25, 0.3) is 0 Å². The van der Waals surface area contributed by atoms with E-state index in [1.165, 1.54) is 18.2 Å². The van der Waals surface area contributed by atoms with Crippen LogP contribution in [0.5, 0.6) is 0 Å². The van der Waals surface area contributed by atoms with E-state index in [-0.39, 0.29) is 17.4 Å². The quantitative estimate of drug-likeness (QED) is 0.771. The Balaban J connectivity index is 2.03. The Morgan fingerprint density at radius 3 is 2.74 bits per heavy atom. The van der Waals surface area contributed by atoms with Gasteiger partial charge in [0, 0.05) is 6.61 Å². The van der Waals surface area contributed by atoms with Crippen molar-refractivity contribution in [1.82, 2.24) is 0 Å². The molecule has 6 heteroatoms. The molecule has 0 bridgehead atoms. The number of Topliss-reactive ketones (excluding diaryl/α,β-unsaturated/α-hetero) is 1. The van der Waals surface area contributed by atoms with Crippen LogP contribution in [-0.4, -0.2) is 38.4 Å². The zero-order chi connectivity index (χ0) is 13.9. The summed E-state index contributed by atoms with van der Waals surface area (Å²) < 4.78 is 42.3. The van der Waals surface area contributed by atoms with Crippen LogP contribution in [0.2, 0.25) is 0 Å². The average Bonchev–Trinajstić information content (AvgIpc) is 2.80. The van der Waals surface area contributed by atoms with Crippen LogP contribution < -0.4 is 0 Å². The van der Waals surface area contributed by atoms with Gasteiger partial charge in [-0.1, -0.05) is 12.1 Å². The molecule has 1 unspecified atom stereocenters. The highest BCUT2D eigenvalue weighted by molar-refractivity contribution is 7.92. The van der Waals surface area contributed by atoms with Crippen molar-refractivity contribution in [2.75, 3.05) is 18.1 Å². The molecule has 104 valence electrons. The Hall–Kier alpha value is -1.27. The molecule has 2 rings (SSSR count). The minimum atomic E-state index is -3.57. The molecule has 1 aliphatic heterocycles. The largest absolute Gasteiger partial charge is 0.377 e. The second-order valence-electron chi connectivity index (χ2n) is 4.59. The number of carbonyl (C=O) groups excluding carboxylic acids is 1. The van der Waals surface area contributed by atoms with Crippen molar-refractivity contribution >= 4 is 15.6 Å². The van der Waals surface area contributed by atoms with Gasteiger partial charge in [0.05, 0.1) is 17.4 Å². The van der Waals surface area contributed by atoms with Gasteiger partial charge in [0.15, 0.2) is 15.6 Å².